The first kappa shape index (κ1) is 19.4. The van der Waals surface area contributed by atoms with Crippen LogP contribution in [0.4, 0.5) is 5.95 Å². The predicted molar refractivity (Wildman–Crippen MR) is 121 cm³/mol. The van der Waals surface area contributed by atoms with Crippen molar-refractivity contribution in [2.75, 3.05) is 5.32 Å². The van der Waals surface area contributed by atoms with E-state index in [2.05, 4.69) is 20.5 Å². The molecule has 2 aromatic heterocycles. The Bertz CT molecular complexity index is 1460. The molecule has 0 radical (unpaired) electrons. The van der Waals surface area contributed by atoms with Crippen molar-refractivity contribution in [2.24, 2.45) is 0 Å². The summed E-state index contributed by atoms with van der Waals surface area (Å²) < 4.78 is 2.88. The topological polar surface area (TPSA) is 94.7 Å². The number of carbonyl (C=O) groups is 1. The van der Waals surface area contributed by atoms with Gasteiger partial charge in [-0.05, 0) is 23.8 Å². The highest BCUT2D eigenvalue weighted by atomic mass is 16.2. The van der Waals surface area contributed by atoms with Crippen LogP contribution in [0.5, 0.6) is 0 Å². The Labute approximate surface area is 182 Å². The third kappa shape index (κ3) is 3.77. The van der Waals surface area contributed by atoms with E-state index in [1.54, 1.807) is 47.4 Å². The van der Waals surface area contributed by atoms with Crippen molar-refractivity contribution in [1.82, 2.24) is 24.5 Å². The quantitative estimate of drug-likeness (QED) is 0.469. The minimum atomic E-state index is -0.497. The van der Waals surface area contributed by atoms with Crippen molar-refractivity contribution in [3.8, 4) is 5.69 Å². The van der Waals surface area contributed by atoms with Gasteiger partial charge in [0.1, 0.15) is 6.33 Å². The highest BCUT2D eigenvalue weighted by Gasteiger charge is 2.18. The van der Waals surface area contributed by atoms with Gasteiger partial charge in [0.15, 0.2) is 5.69 Å². The van der Waals surface area contributed by atoms with E-state index < -0.39 is 5.91 Å². The van der Waals surface area contributed by atoms with Crippen LogP contribution in [-0.4, -0.2) is 30.5 Å². The molecule has 0 saturated carbocycles. The van der Waals surface area contributed by atoms with Crippen molar-refractivity contribution in [1.29, 1.82) is 0 Å². The molecular formula is C24H18N6O2. The van der Waals surface area contributed by atoms with Gasteiger partial charge in [0.05, 0.1) is 17.6 Å². The van der Waals surface area contributed by atoms with Gasteiger partial charge in [-0.2, -0.15) is 9.78 Å². The third-order valence-electron chi connectivity index (χ3n) is 4.97. The van der Waals surface area contributed by atoms with Crippen molar-refractivity contribution >= 4 is 22.6 Å². The standard InChI is InChI=1S/C24H18N6O2/c31-22(26-24-25-16-29(28-24)15-17-9-3-1-4-10-17)21-19-13-7-8-14-20(19)23(32)30(27-21)18-11-5-2-6-12-18/h1-14,16H,15H2,(H,26,28,31). The first-order chi connectivity index (χ1) is 15.7. The average Bonchev–Trinajstić information content (AvgIpc) is 3.27. The maximum Gasteiger partial charge on any atom is 0.279 e. The van der Waals surface area contributed by atoms with E-state index in [0.29, 0.717) is 23.0 Å². The van der Waals surface area contributed by atoms with E-state index in [1.807, 2.05) is 48.5 Å². The molecule has 0 aliphatic heterocycles. The van der Waals surface area contributed by atoms with Gasteiger partial charge in [-0.3, -0.25) is 14.9 Å². The summed E-state index contributed by atoms with van der Waals surface area (Å²) >= 11 is 0. The Morgan fingerprint density at radius 1 is 0.812 bits per heavy atom. The highest BCUT2D eigenvalue weighted by Crippen LogP contribution is 2.16. The number of anilines is 1. The number of nitrogens with zero attached hydrogens (tertiary/aromatic N) is 5. The van der Waals surface area contributed by atoms with Gasteiger partial charge in [0.2, 0.25) is 5.95 Å². The lowest BCUT2D eigenvalue weighted by Crippen LogP contribution is -2.26. The lowest BCUT2D eigenvalue weighted by molar-refractivity contribution is 0.102. The fourth-order valence-electron chi connectivity index (χ4n) is 3.46. The van der Waals surface area contributed by atoms with Gasteiger partial charge < -0.3 is 0 Å². The zero-order chi connectivity index (χ0) is 21.9. The summed E-state index contributed by atoms with van der Waals surface area (Å²) in [5, 5.41) is 12.3. The Morgan fingerprint density at radius 2 is 1.47 bits per heavy atom. The summed E-state index contributed by atoms with van der Waals surface area (Å²) in [6, 6.07) is 25.7. The number of benzene rings is 3. The Morgan fingerprint density at radius 3 is 2.22 bits per heavy atom. The molecule has 0 spiro atoms. The molecule has 8 nitrogen and oxygen atoms in total. The van der Waals surface area contributed by atoms with E-state index in [1.165, 1.54) is 4.68 Å². The lowest BCUT2D eigenvalue weighted by Gasteiger charge is -2.10. The number of hydrogen-bond acceptors (Lipinski definition) is 5. The van der Waals surface area contributed by atoms with E-state index in [4.69, 9.17) is 0 Å². The molecule has 0 aliphatic rings. The normalized spacial score (nSPS) is 10.9. The van der Waals surface area contributed by atoms with Crippen LogP contribution in [0.2, 0.25) is 0 Å². The zero-order valence-electron chi connectivity index (χ0n) is 16.9. The number of aromatic nitrogens is 5. The van der Waals surface area contributed by atoms with E-state index >= 15 is 0 Å². The van der Waals surface area contributed by atoms with Gasteiger partial charge in [0.25, 0.3) is 11.5 Å². The number of hydrogen-bond donors (Lipinski definition) is 1. The smallest absolute Gasteiger partial charge is 0.279 e. The minimum absolute atomic E-state index is 0.114. The van der Waals surface area contributed by atoms with Gasteiger partial charge in [-0.25, -0.2) is 9.67 Å². The van der Waals surface area contributed by atoms with Crippen LogP contribution >= 0.6 is 0 Å². The highest BCUT2D eigenvalue weighted by molar-refractivity contribution is 6.10. The second-order valence-corrected chi connectivity index (χ2v) is 7.15. The second kappa shape index (κ2) is 8.27. The average molecular weight is 422 g/mol. The van der Waals surface area contributed by atoms with Gasteiger partial charge in [0, 0.05) is 5.39 Å². The predicted octanol–water partition coefficient (Wildman–Crippen LogP) is 3.28. The molecular weight excluding hydrogens is 404 g/mol. The monoisotopic (exact) mass is 422 g/mol. The minimum Gasteiger partial charge on any atom is -0.288 e. The number of carbonyl (C=O) groups excluding carboxylic acids is 1. The molecule has 32 heavy (non-hydrogen) atoms. The zero-order valence-corrected chi connectivity index (χ0v) is 16.9. The summed E-state index contributed by atoms with van der Waals surface area (Å²) in [4.78, 5) is 30.3. The second-order valence-electron chi connectivity index (χ2n) is 7.15. The summed E-state index contributed by atoms with van der Waals surface area (Å²) in [6.07, 6.45) is 1.55. The molecule has 1 amide bonds. The van der Waals surface area contributed by atoms with Gasteiger partial charge in [-0.15, -0.1) is 5.10 Å². The maximum absolute atomic E-state index is 13.1. The fraction of sp³-hybridized carbons (Fsp3) is 0.0417. The molecule has 0 atom stereocenters. The third-order valence-corrected chi connectivity index (χ3v) is 4.97. The molecule has 1 N–H and O–H groups in total. The van der Waals surface area contributed by atoms with Gasteiger partial charge >= 0.3 is 0 Å². The fourth-order valence-corrected chi connectivity index (χ4v) is 3.46. The van der Waals surface area contributed by atoms with Crippen LogP contribution in [0, 0.1) is 0 Å². The first-order valence-corrected chi connectivity index (χ1v) is 10.0. The van der Waals surface area contributed by atoms with Crippen LogP contribution < -0.4 is 10.9 Å². The van der Waals surface area contributed by atoms with Crippen LogP contribution in [-0.2, 0) is 6.54 Å². The molecule has 2 heterocycles. The molecule has 5 aromatic rings. The Hall–Kier alpha value is -4.59. The van der Waals surface area contributed by atoms with E-state index in [0.717, 1.165) is 5.56 Å². The molecule has 5 rings (SSSR count). The maximum atomic E-state index is 13.1. The van der Waals surface area contributed by atoms with Crippen molar-refractivity contribution in [2.45, 2.75) is 6.54 Å². The SMILES string of the molecule is O=C(Nc1ncn(Cc2ccccc2)n1)c1nn(-c2ccccc2)c(=O)c2ccccc12. The Balaban J connectivity index is 1.49. The number of nitrogens with one attached hydrogen (secondary N) is 1. The summed E-state index contributed by atoms with van der Waals surface area (Å²) in [7, 11) is 0. The van der Waals surface area contributed by atoms with Crippen LogP contribution in [0.1, 0.15) is 16.1 Å². The molecule has 8 heteroatoms. The van der Waals surface area contributed by atoms with Gasteiger partial charge in [-0.1, -0.05) is 66.7 Å². The molecule has 156 valence electrons. The van der Waals surface area contributed by atoms with Crippen molar-refractivity contribution in [3.63, 3.8) is 0 Å². The summed E-state index contributed by atoms with van der Waals surface area (Å²) in [5.74, 6) is -0.336. The lowest BCUT2D eigenvalue weighted by atomic mass is 10.1. The molecule has 0 unspecified atom stereocenters. The van der Waals surface area contributed by atoms with Crippen LogP contribution in [0.25, 0.3) is 16.5 Å². The number of amides is 1. The van der Waals surface area contributed by atoms with E-state index in [9.17, 15) is 9.59 Å². The molecule has 3 aromatic carbocycles. The molecule has 0 bridgehead atoms. The van der Waals surface area contributed by atoms with Crippen LogP contribution in [0.3, 0.4) is 0 Å². The molecule has 0 saturated heterocycles. The number of para-hydroxylation sites is 1. The summed E-state index contributed by atoms with van der Waals surface area (Å²) in [5.41, 5.74) is 1.46. The largest absolute Gasteiger partial charge is 0.288 e. The van der Waals surface area contributed by atoms with Crippen LogP contribution in [0.15, 0.2) is 96.1 Å². The molecule has 0 aliphatic carbocycles. The van der Waals surface area contributed by atoms with Crippen molar-refractivity contribution < 1.29 is 4.79 Å². The number of fused-ring (bicyclic) bond motifs is 1. The number of rotatable bonds is 5. The molecule has 0 fully saturated rings. The summed E-state index contributed by atoms with van der Waals surface area (Å²) in [6.45, 7) is 0.532. The van der Waals surface area contributed by atoms with E-state index in [-0.39, 0.29) is 17.2 Å². The Kier molecular flexibility index (Phi) is 5.01. The van der Waals surface area contributed by atoms with Crippen molar-refractivity contribution in [3.05, 3.63) is 113 Å². The first-order valence-electron chi connectivity index (χ1n) is 10.0.